The highest BCUT2D eigenvalue weighted by Gasteiger charge is 2.10. The molecule has 4 nitrogen and oxygen atoms in total. The van der Waals surface area contributed by atoms with Crippen molar-refractivity contribution in [3.8, 4) is 11.5 Å². The standard InChI is InChI=1S/C17H27NO3/c1-5-20-15-9-6-7-10-16(15)21-12-8-11-17(19)18-14(4)13(2)3/h6-7,9-10,13-14H,5,8,11-12H2,1-4H3,(H,18,19). The van der Waals surface area contributed by atoms with E-state index in [0.717, 1.165) is 11.5 Å². The maximum Gasteiger partial charge on any atom is 0.220 e. The SMILES string of the molecule is CCOc1ccccc1OCCCC(=O)NC(C)C(C)C. The minimum Gasteiger partial charge on any atom is -0.490 e. The number of rotatable bonds is 9. The van der Waals surface area contributed by atoms with Gasteiger partial charge in [-0.2, -0.15) is 0 Å². The van der Waals surface area contributed by atoms with E-state index in [0.29, 0.717) is 32.0 Å². The average Bonchev–Trinajstić information content (AvgIpc) is 2.45. The zero-order valence-electron chi connectivity index (χ0n) is 13.5. The number of carbonyl (C=O) groups excluding carboxylic acids is 1. The number of ether oxygens (including phenoxy) is 2. The van der Waals surface area contributed by atoms with Gasteiger partial charge in [0.25, 0.3) is 0 Å². The Kier molecular flexibility index (Phi) is 7.65. The molecule has 0 saturated carbocycles. The number of amides is 1. The summed E-state index contributed by atoms with van der Waals surface area (Å²) >= 11 is 0. The van der Waals surface area contributed by atoms with Crippen LogP contribution >= 0.6 is 0 Å². The third-order valence-corrected chi connectivity index (χ3v) is 3.34. The van der Waals surface area contributed by atoms with Crippen LogP contribution in [0, 0.1) is 5.92 Å². The molecule has 0 aliphatic rings. The summed E-state index contributed by atoms with van der Waals surface area (Å²) < 4.78 is 11.2. The molecule has 1 rings (SSSR count). The molecule has 0 spiro atoms. The van der Waals surface area contributed by atoms with Gasteiger partial charge in [-0.05, 0) is 38.3 Å². The summed E-state index contributed by atoms with van der Waals surface area (Å²) in [6.07, 6.45) is 1.17. The Hall–Kier alpha value is -1.71. The zero-order chi connectivity index (χ0) is 15.7. The number of nitrogens with one attached hydrogen (secondary N) is 1. The number of carbonyl (C=O) groups is 1. The molecule has 0 saturated heterocycles. The summed E-state index contributed by atoms with van der Waals surface area (Å²) in [4.78, 5) is 11.7. The molecule has 0 fully saturated rings. The molecule has 1 amide bonds. The molecule has 118 valence electrons. The molecule has 1 N–H and O–H groups in total. The molecule has 0 aliphatic carbocycles. The summed E-state index contributed by atoms with van der Waals surface area (Å²) in [6, 6.07) is 7.80. The summed E-state index contributed by atoms with van der Waals surface area (Å²) in [5.41, 5.74) is 0. The molecule has 4 heteroatoms. The zero-order valence-corrected chi connectivity index (χ0v) is 13.5. The van der Waals surface area contributed by atoms with Crippen LogP contribution in [0.4, 0.5) is 0 Å². The molecule has 0 heterocycles. The monoisotopic (exact) mass is 293 g/mol. The van der Waals surface area contributed by atoms with Gasteiger partial charge in [0.1, 0.15) is 0 Å². The van der Waals surface area contributed by atoms with Crippen LogP contribution in [-0.4, -0.2) is 25.2 Å². The first-order valence-corrected chi connectivity index (χ1v) is 7.68. The van der Waals surface area contributed by atoms with Gasteiger partial charge in [0, 0.05) is 12.5 Å². The van der Waals surface area contributed by atoms with E-state index in [1.54, 1.807) is 0 Å². The van der Waals surface area contributed by atoms with Crippen LogP contribution in [-0.2, 0) is 4.79 Å². The lowest BCUT2D eigenvalue weighted by Crippen LogP contribution is -2.36. The van der Waals surface area contributed by atoms with Crippen LogP contribution in [0.25, 0.3) is 0 Å². The number of hydrogen-bond acceptors (Lipinski definition) is 3. The fraction of sp³-hybridized carbons (Fsp3) is 0.588. The molecule has 0 aliphatic heterocycles. The van der Waals surface area contributed by atoms with Crippen LogP contribution in [0.1, 0.15) is 40.5 Å². The topological polar surface area (TPSA) is 47.6 Å². The Bertz CT molecular complexity index is 432. The van der Waals surface area contributed by atoms with E-state index in [9.17, 15) is 4.79 Å². The van der Waals surface area contributed by atoms with Gasteiger partial charge in [0.2, 0.25) is 5.91 Å². The van der Waals surface area contributed by atoms with Gasteiger partial charge in [-0.3, -0.25) is 4.79 Å². The van der Waals surface area contributed by atoms with Crippen molar-refractivity contribution >= 4 is 5.91 Å². The van der Waals surface area contributed by atoms with Crippen LogP contribution < -0.4 is 14.8 Å². The first kappa shape index (κ1) is 17.3. The van der Waals surface area contributed by atoms with E-state index >= 15 is 0 Å². The smallest absolute Gasteiger partial charge is 0.220 e. The van der Waals surface area contributed by atoms with E-state index in [1.807, 2.05) is 38.1 Å². The predicted molar refractivity (Wildman–Crippen MR) is 84.8 cm³/mol. The number of para-hydroxylation sites is 2. The van der Waals surface area contributed by atoms with Gasteiger partial charge in [0.15, 0.2) is 11.5 Å². The Morgan fingerprint density at radius 1 is 1.14 bits per heavy atom. The normalized spacial score (nSPS) is 12.0. The summed E-state index contributed by atoms with van der Waals surface area (Å²) in [6.45, 7) is 9.27. The first-order valence-electron chi connectivity index (χ1n) is 7.68. The molecule has 0 radical (unpaired) electrons. The highest BCUT2D eigenvalue weighted by molar-refractivity contribution is 5.76. The molecule has 1 aromatic rings. The Morgan fingerprint density at radius 2 is 1.76 bits per heavy atom. The molecular formula is C17H27NO3. The number of hydrogen-bond donors (Lipinski definition) is 1. The van der Waals surface area contributed by atoms with E-state index < -0.39 is 0 Å². The predicted octanol–water partition coefficient (Wildman–Crippen LogP) is 3.41. The molecular weight excluding hydrogens is 266 g/mol. The minimum atomic E-state index is 0.0814. The van der Waals surface area contributed by atoms with Crippen molar-refractivity contribution in [2.45, 2.75) is 46.6 Å². The van der Waals surface area contributed by atoms with Crippen molar-refractivity contribution in [1.29, 1.82) is 0 Å². The second-order valence-electron chi connectivity index (χ2n) is 5.43. The third-order valence-electron chi connectivity index (χ3n) is 3.34. The maximum atomic E-state index is 11.7. The lowest BCUT2D eigenvalue weighted by molar-refractivity contribution is -0.122. The highest BCUT2D eigenvalue weighted by atomic mass is 16.5. The Labute approximate surface area is 127 Å². The van der Waals surface area contributed by atoms with Gasteiger partial charge >= 0.3 is 0 Å². The van der Waals surface area contributed by atoms with E-state index in [-0.39, 0.29) is 11.9 Å². The van der Waals surface area contributed by atoms with E-state index in [4.69, 9.17) is 9.47 Å². The minimum absolute atomic E-state index is 0.0814. The van der Waals surface area contributed by atoms with Gasteiger partial charge in [-0.25, -0.2) is 0 Å². The van der Waals surface area contributed by atoms with Gasteiger partial charge < -0.3 is 14.8 Å². The average molecular weight is 293 g/mol. The lowest BCUT2D eigenvalue weighted by atomic mass is 10.1. The van der Waals surface area contributed by atoms with Crippen LogP contribution in [0.15, 0.2) is 24.3 Å². The van der Waals surface area contributed by atoms with Gasteiger partial charge in [-0.15, -0.1) is 0 Å². The molecule has 21 heavy (non-hydrogen) atoms. The molecule has 0 bridgehead atoms. The van der Waals surface area contributed by atoms with Crippen molar-refractivity contribution in [1.82, 2.24) is 5.32 Å². The lowest BCUT2D eigenvalue weighted by Gasteiger charge is -2.17. The van der Waals surface area contributed by atoms with Crippen LogP contribution in [0.3, 0.4) is 0 Å². The quantitative estimate of drug-likeness (QED) is 0.710. The van der Waals surface area contributed by atoms with Crippen molar-refractivity contribution in [2.24, 2.45) is 5.92 Å². The second-order valence-corrected chi connectivity index (χ2v) is 5.43. The summed E-state index contributed by atoms with van der Waals surface area (Å²) in [5, 5.41) is 2.99. The third kappa shape index (κ3) is 6.52. The molecule has 0 aromatic heterocycles. The fourth-order valence-corrected chi connectivity index (χ4v) is 1.75. The molecule has 1 atom stereocenters. The fourth-order valence-electron chi connectivity index (χ4n) is 1.75. The molecule has 1 aromatic carbocycles. The largest absolute Gasteiger partial charge is 0.490 e. The van der Waals surface area contributed by atoms with Crippen molar-refractivity contribution in [3.63, 3.8) is 0 Å². The van der Waals surface area contributed by atoms with Gasteiger partial charge in [-0.1, -0.05) is 26.0 Å². The molecule has 1 unspecified atom stereocenters. The summed E-state index contributed by atoms with van der Waals surface area (Å²) in [7, 11) is 0. The Balaban J connectivity index is 2.29. The first-order chi connectivity index (χ1) is 10.0. The van der Waals surface area contributed by atoms with E-state index in [2.05, 4.69) is 19.2 Å². The Morgan fingerprint density at radius 3 is 2.33 bits per heavy atom. The van der Waals surface area contributed by atoms with E-state index in [1.165, 1.54) is 0 Å². The maximum absolute atomic E-state index is 11.7. The van der Waals surface area contributed by atoms with Crippen molar-refractivity contribution in [3.05, 3.63) is 24.3 Å². The van der Waals surface area contributed by atoms with Crippen molar-refractivity contribution in [2.75, 3.05) is 13.2 Å². The second kappa shape index (κ2) is 9.27. The van der Waals surface area contributed by atoms with Crippen LogP contribution in [0.2, 0.25) is 0 Å². The highest BCUT2D eigenvalue weighted by Crippen LogP contribution is 2.26. The number of benzene rings is 1. The van der Waals surface area contributed by atoms with Crippen molar-refractivity contribution < 1.29 is 14.3 Å². The summed E-state index contributed by atoms with van der Waals surface area (Å²) in [5.74, 6) is 2.01. The van der Waals surface area contributed by atoms with Gasteiger partial charge in [0.05, 0.1) is 13.2 Å². The van der Waals surface area contributed by atoms with Crippen LogP contribution in [0.5, 0.6) is 11.5 Å².